The number of thioether (sulfide) groups is 1. The molecular formula is C15H19ClN2O2S. The average Bonchev–Trinajstić information content (AvgIpc) is 2.41. The van der Waals surface area contributed by atoms with Gasteiger partial charge in [0.25, 0.3) is 5.56 Å². The Hall–Kier alpha value is -1.04. The molecule has 0 N–H and O–H groups in total. The molecule has 1 heterocycles. The number of ether oxygens (including phenoxy) is 1. The molecule has 0 atom stereocenters. The summed E-state index contributed by atoms with van der Waals surface area (Å²) in [4.78, 5) is 17.3. The molecule has 2 rings (SSSR count). The molecule has 0 spiro atoms. The van der Waals surface area contributed by atoms with Crippen molar-refractivity contribution in [3.8, 4) is 0 Å². The first kappa shape index (κ1) is 16.3. The van der Waals surface area contributed by atoms with Crippen LogP contribution in [0.5, 0.6) is 0 Å². The van der Waals surface area contributed by atoms with E-state index in [-0.39, 0.29) is 5.56 Å². The molecule has 4 nitrogen and oxygen atoms in total. The first-order valence-electron chi connectivity index (χ1n) is 6.88. The van der Waals surface area contributed by atoms with Gasteiger partial charge in [-0.2, -0.15) is 0 Å². The van der Waals surface area contributed by atoms with E-state index in [0.29, 0.717) is 34.3 Å². The van der Waals surface area contributed by atoms with E-state index in [4.69, 9.17) is 16.3 Å². The Balaban J connectivity index is 2.53. The number of methoxy groups -OCH3 is 1. The van der Waals surface area contributed by atoms with Crippen molar-refractivity contribution in [2.75, 3.05) is 13.7 Å². The van der Waals surface area contributed by atoms with Crippen molar-refractivity contribution < 1.29 is 4.74 Å². The molecule has 114 valence electrons. The highest BCUT2D eigenvalue weighted by Crippen LogP contribution is 2.23. The van der Waals surface area contributed by atoms with Crippen molar-refractivity contribution in [3.05, 3.63) is 33.6 Å². The molecule has 0 aliphatic heterocycles. The van der Waals surface area contributed by atoms with E-state index in [9.17, 15) is 4.79 Å². The fraction of sp³-hybridized carbons (Fsp3) is 0.467. The van der Waals surface area contributed by atoms with Crippen LogP contribution in [0, 0.1) is 0 Å². The number of nitrogens with zero attached hydrogens (tertiary/aromatic N) is 2. The molecule has 0 aliphatic carbocycles. The summed E-state index contributed by atoms with van der Waals surface area (Å²) in [6.07, 6.45) is 0.781. The average molecular weight is 327 g/mol. The first-order chi connectivity index (χ1) is 10.0. The van der Waals surface area contributed by atoms with Gasteiger partial charge >= 0.3 is 0 Å². The lowest BCUT2D eigenvalue weighted by atomic mass is 10.2. The third-order valence-electron chi connectivity index (χ3n) is 2.95. The largest absolute Gasteiger partial charge is 0.385 e. The second-order valence-corrected chi connectivity index (χ2v) is 7.01. The highest BCUT2D eigenvalue weighted by molar-refractivity contribution is 7.99. The maximum Gasteiger partial charge on any atom is 0.262 e. The minimum Gasteiger partial charge on any atom is -0.385 e. The monoisotopic (exact) mass is 326 g/mol. The number of fused-ring (bicyclic) bond motifs is 1. The predicted molar refractivity (Wildman–Crippen MR) is 88.5 cm³/mol. The zero-order chi connectivity index (χ0) is 15.4. The van der Waals surface area contributed by atoms with Gasteiger partial charge in [-0.3, -0.25) is 9.36 Å². The topological polar surface area (TPSA) is 44.1 Å². The van der Waals surface area contributed by atoms with Gasteiger partial charge in [-0.1, -0.05) is 37.2 Å². The van der Waals surface area contributed by atoms with Gasteiger partial charge in [0.05, 0.1) is 10.9 Å². The van der Waals surface area contributed by atoms with Gasteiger partial charge < -0.3 is 4.74 Å². The van der Waals surface area contributed by atoms with Gasteiger partial charge in [-0.15, -0.1) is 0 Å². The molecule has 0 unspecified atom stereocenters. The summed E-state index contributed by atoms with van der Waals surface area (Å²) in [5, 5.41) is 2.28. The summed E-state index contributed by atoms with van der Waals surface area (Å²) in [5.41, 5.74) is 0.634. The minimum atomic E-state index is -0.0177. The molecule has 0 radical (unpaired) electrons. The van der Waals surface area contributed by atoms with E-state index in [1.807, 2.05) is 0 Å². The van der Waals surface area contributed by atoms with Gasteiger partial charge in [0.2, 0.25) is 0 Å². The number of benzene rings is 1. The van der Waals surface area contributed by atoms with Gasteiger partial charge in [0.15, 0.2) is 5.16 Å². The van der Waals surface area contributed by atoms with E-state index < -0.39 is 0 Å². The normalized spacial score (nSPS) is 11.5. The van der Waals surface area contributed by atoms with Crippen molar-refractivity contribution in [3.63, 3.8) is 0 Å². The van der Waals surface area contributed by atoms with Crippen LogP contribution in [0.3, 0.4) is 0 Å². The Bertz CT molecular complexity index is 685. The van der Waals surface area contributed by atoms with Gasteiger partial charge in [-0.25, -0.2) is 4.98 Å². The highest BCUT2D eigenvalue weighted by atomic mass is 35.5. The maximum absolute atomic E-state index is 12.7. The molecule has 1 aromatic heterocycles. The van der Waals surface area contributed by atoms with Crippen LogP contribution in [-0.2, 0) is 11.3 Å². The Morgan fingerprint density at radius 1 is 1.43 bits per heavy atom. The Morgan fingerprint density at radius 3 is 2.86 bits per heavy atom. The molecule has 1 aromatic carbocycles. The summed E-state index contributed by atoms with van der Waals surface area (Å²) in [6, 6.07) is 5.20. The quantitative estimate of drug-likeness (QED) is 0.462. The second-order valence-electron chi connectivity index (χ2n) is 5.03. The van der Waals surface area contributed by atoms with E-state index in [0.717, 1.165) is 11.6 Å². The first-order valence-corrected chi connectivity index (χ1v) is 8.14. The van der Waals surface area contributed by atoms with E-state index in [2.05, 4.69) is 18.8 Å². The highest BCUT2D eigenvalue weighted by Gasteiger charge is 2.13. The molecule has 2 aromatic rings. The van der Waals surface area contributed by atoms with Crippen LogP contribution < -0.4 is 5.56 Å². The van der Waals surface area contributed by atoms with E-state index in [1.54, 1.807) is 41.6 Å². The number of hydrogen-bond donors (Lipinski definition) is 0. The van der Waals surface area contributed by atoms with Crippen molar-refractivity contribution in [2.24, 2.45) is 0 Å². The molecule has 0 aliphatic rings. The van der Waals surface area contributed by atoms with E-state index in [1.165, 1.54) is 0 Å². The van der Waals surface area contributed by atoms with Gasteiger partial charge in [-0.05, 0) is 24.6 Å². The zero-order valence-corrected chi connectivity index (χ0v) is 14.0. The summed E-state index contributed by atoms with van der Waals surface area (Å²) >= 11 is 7.59. The van der Waals surface area contributed by atoms with Gasteiger partial charge in [0.1, 0.15) is 0 Å². The lowest BCUT2D eigenvalue weighted by Crippen LogP contribution is -2.24. The predicted octanol–water partition coefficient (Wildman–Crippen LogP) is 3.59. The maximum atomic E-state index is 12.7. The molecule has 0 saturated heterocycles. The van der Waals surface area contributed by atoms with Crippen molar-refractivity contribution in [1.29, 1.82) is 0 Å². The number of rotatable bonds is 6. The Morgan fingerprint density at radius 2 is 2.19 bits per heavy atom. The third-order valence-corrected chi connectivity index (χ3v) is 4.18. The molecule has 0 amide bonds. The summed E-state index contributed by atoms with van der Waals surface area (Å²) in [5.74, 6) is 0. The van der Waals surface area contributed by atoms with Gasteiger partial charge in [0, 0.05) is 30.5 Å². The van der Waals surface area contributed by atoms with Crippen molar-refractivity contribution in [2.45, 2.75) is 37.2 Å². The molecule has 21 heavy (non-hydrogen) atoms. The summed E-state index contributed by atoms with van der Waals surface area (Å²) in [7, 11) is 1.66. The Kier molecular flexibility index (Phi) is 5.67. The SMILES string of the molecule is COCCCn1c(SC(C)C)nc2cc(Cl)ccc2c1=O. The smallest absolute Gasteiger partial charge is 0.262 e. The van der Waals surface area contributed by atoms with E-state index >= 15 is 0 Å². The molecule has 0 saturated carbocycles. The zero-order valence-electron chi connectivity index (χ0n) is 12.4. The fourth-order valence-electron chi connectivity index (χ4n) is 2.04. The Labute approximate surface area is 133 Å². The third kappa shape index (κ3) is 3.99. The molecule has 6 heteroatoms. The van der Waals surface area contributed by atoms with Crippen LogP contribution >= 0.6 is 23.4 Å². The molecular weight excluding hydrogens is 308 g/mol. The minimum absolute atomic E-state index is 0.0177. The van der Waals surface area contributed by atoms with Crippen LogP contribution in [0.2, 0.25) is 5.02 Å². The lowest BCUT2D eigenvalue weighted by molar-refractivity contribution is 0.189. The van der Waals surface area contributed by atoms with Crippen LogP contribution in [-0.4, -0.2) is 28.5 Å². The second kappa shape index (κ2) is 7.29. The number of halogens is 1. The molecule has 0 bridgehead atoms. The standard InChI is InChI=1S/C15H19ClN2O2S/c1-10(2)21-15-17-13-9-11(16)5-6-12(13)14(19)18(15)7-4-8-20-3/h5-6,9-10H,4,7-8H2,1-3H3. The fourth-order valence-corrected chi connectivity index (χ4v) is 3.08. The summed E-state index contributed by atoms with van der Waals surface area (Å²) in [6.45, 7) is 5.39. The van der Waals surface area contributed by atoms with Crippen LogP contribution in [0.15, 0.2) is 28.2 Å². The van der Waals surface area contributed by atoms with Crippen molar-refractivity contribution >= 4 is 34.3 Å². The lowest BCUT2D eigenvalue weighted by Gasteiger charge is -2.14. The van der Waals surface area contributed by atoms with Crippen LogP contribution in [0.25, 0.3) is 10.9 Å². The summed E-state index contributed by atoms with van der Waals surface area (Å²) < 4.78 is 6.80. The van der Waals surface area contributed by atoms with Crippen molar-refractivity contribution in [1.82, 2.24) is 9.55 Å². The van der Waals surface area contributed by atoms with Crippen LogP contribution in [0.4, 0.5) is 0 Å². The van der Waals surface area contributed by atoms with Crippen LogP contribution in [0.1, 0.15) is 20.3 Å². The molecule has 0 fully saturated rings. The number of hydrogen-bond acceptors (Lipinski definition) is 4. The number of aromatic nitrogens is 2.